The van der Waals surface area contributed by atoms with Crippen molar-refractivity contribution >= 4 is 10.1 Å². The molecule has 5 nitrogen and oxygen atoms in total. The second kappa shape index (κ2) is 5.06. The van der Waals surface area contributed by atoms with E-state index in [4.69, 9.17) is 0 Å². The van der Waals surface area contributed by atoms with Crippen molar-refractivity contribution in [3.63, 3.8) is 0 Å². The Morgan fingerprint density at radius 2 is 1.95 bits per heavy atom. The molecule has 0 aliphatic rings. The topological polar surface area (TPSA) is 61.2 Å². The Labute approximate surface area is 119 Å². The molecule has 0 saturated heterocycles. The number of rotatable bonds is 3. The van der Waals surface area contributed by atoms with Gasteiger partial charge in [-0.3, -0.25) is 0 Å². The Morgan fingerprint density at radius 3 is 2.48 bits per heavy atom. The van der Waals surface area contributed by atoms with Gasteiger partial charge < -0.3 is 8.75 Å². The molecule has 1 aromatic carbocycles. The van der Waals surface area contributed by atoms with Crippen molar-refractivity contribution in [1.82, 2.24) is 9.55 Å². The fourth-order valence-corrected chi connectivity index (χ4v) is 2.51. The molecule has 2 rings (SSSR count). The van der Waals surface area contributed by atoms with Crippen LogP contribution in [0.15, 0.2) is 35.5 Å². The first-order valence-electron chi connectivity index (χ1n) is 5.71. The van der Waals surface area contributed by atoms with Gasteiger partial charge >= 0.3 is 16.3 Å². The lowest BCUT2D eigenvalue weighted by Crippen LogP contribution is -2.11. The van der Waals surface area contributed by atoms with Crippen LogP contribution in [0.25, 0.3) is 0 Å². The quantitative estimate of drug-likeness (QED) is 0.815. The summed E-state index contributed by atoms with van der Waals surface area (Å²) in [7, 11) is -2.69. The second-order valence-corrected chi connectivity index (χ2v) is 5.79. The summed E-state index contributed by atoms with van der Waals surface area (Å²) in [6.45, 7) is 1.59. The predicted molar refractivity (Wildman–Crippen MR) is 67.2 cm³/mol. The highest BCUT2D eigenvalue weighted by Crippen LogP contribution is 2.32. The van der Waals surface area contributed by atoms with E-state index >= 15 is 0 Å². The monoisotopic (exact) mass is 320 g/mol. The van der Waals surface area contributed by atoms with E-state index in [9.17, 15) is 21.6 Å². The maximum absolute atomic E-state index is 12.6. The predicted octanol–water partition coefficient (Wildman–Crippen LogP) is 2.52. The Bertz CT molecular complexity index is 747. The smallest absolute Gasteiger partial charge is 0.378 e. The summed E-state index contributed by atoms with van der Waals surface area (Å²) in [5.74, 6) is 0.00866. The van der Waals surface area contributed by atoms with Crippen LogP contribution in [0, 0.1) is 6.92 Å². The van der Waals surface area contributed by atoms with Gasteiger partial charge in [0.05, 0.1) is 5.56 Å². The van der Waals surface area contributed by atoms with E-state index in [1.54, 1.807) is 14.0 Å². The van der Waals surface area contributed by atoms with E-state index < -0.39 is 27.6 Å². The average Bonchev–Trinajstić information content (AvgIpc) is 2.69. The summed E-state index contributed by atoms with van der Waals surface area (Å²) in [6, 6.07) is 3.64. The van der Waals surface area contributed by atoms with E-state index in [0.717, 1.165) is 18.2 Å². The summed E-state index contributed by atoms with van der Waals surface area (Å²) < 4.78 is 67.7. The molecule has 21 heavy (non-hydrogen) atoms. The van der Waals surface area contributed by atoms with Gasteiger partial charge in [-0.1, -0.05) is 6.07 Å². The first kappa shape index (κ1) is 15.4. The molecule has 0 fully saturated rings. The van der Waals surface area contributed by atoms with Gasteiger partial charge in [0.25, 0.3) is 0 Å². The van der Waals surface area contributed by atoms with Crippen molar-refractivity contribution < 1.29 is 25.8 Å². The summed E-state index contributed by atoms with van der Waals surface area (Å²) in [4.78, 5) is 3.78. The number of halogens is 3. The van der Waals surface area contributed by atoms with Crippen LogP contribution >= 0.6 is 0 Å². The minimum Gasteiger partial charge on any atom is -0.378 e. The van der Waals surface area contributed by atoms with Crippen molar-refractivity contribution in [1.29, 1.82) is 0 Å². The number of hydrogen-bond acceptors (Lipinski definition) is 4. The minimum atomic E-state index is -4.58. The zero-order valence-corrected chi connectivity index (χ0v) is 11.9. The molecule has 2 aromatic rings. The number of aryl methyl sites for hydroxylation is 2. The van der Waals surface area contributed by atoms with Crippen LogP contribution in [-0.2, 0) is 23.3 Å². The molecule has 114 valence electrons. The van der Waals surface area contributed by atoms with Crippen molar-refractivity contribution in [3.8, 4) is 5.75 Å². The van der Waals surface area contributed by atoms with Crippen LogP contribution in [0.2, 0.25) is 0 Å². The lowest BCUT2D eigenvalue weighted by molar-refractivity contribution is -0.137. The molecule has 0 saturated carbocycles. The third-order valence-corrected chi connectivity index (χ3v) is 3.83. The Balaban J connectivity index is 2.33. The van der Waals surface area contributed by atoms with Crippen LogP contribution in [0.4, 0.5) is 13.2 Å². The second-order valence-electron chi connectivity index (χ2n) is 4.30. The molecule has 0 aliphatic carbocycles. The van der Waals surface area contributed by atoms with Crippen LogP contribution in [0.1, 0.15) is 11.4 Å². The SMILES string of the molecule is Cc1nc(S(=O)(=O)Oc2cccc(C(F)(F)F)c2)cn1C. The molecule has 0 atom stereocenters. The molecule has 0 unspecified atom stereocenters. The molecule has 0 radical (unpaired) electrons. The Morgan fingerprint density at radius 1 is 1.29 bits per heavy atom. The van der Waals surface area contributed by atoms with Crippen molar-refractivity contribution in [2.75, 3.05) is 0 Å². The molecule has 0 aliphatic heterocycles. The number of benzene rings is 1. The summed E-state index contributed by atoms with van der Waals surface area (Å²) in [5, 5.41) is -0.361. The summed E-state index contributed by atoms with van der Waals surface area (Å²) >= 11 is 0. The van der Waals surface area contributed by atoms with Gasteiger partial charge in [0, 0.05) is 13.2 Å². The van der Waals surface area contributed by atoms with Crippen LogP contribution in [0.5, 0.6) is 5.75 Å². The van der Waals surface area contributed by atoms with Crippen LogP contribution in [-0.4, -0.2) is 18.0 Å². The highest BCUT2D eigenvalue weighted by molar-refractivity contribution is 7.87. The van der Waals surface area contributed by atoms with Gasteiger partial charge in [0.15, 0.2) is 0 Å². The molecule has 1 heterocycles. The van der Waals surface area contributed by atoms with E-state index in [1.807, 2.05) is 0 Å². The van der Waals surface area contributed by atoms with Gasteiger partial charge in [-0.15, -0.1) is 0 Å². The van der Waals surface area contributed by atoms with Crippen molar-refractivity contribution in [3.05, 3.63) is 41.9 Å². The van der Waals surface area contributed by atoms with E-state index in [0.29, 0.717) is 11.9 Å². The Hall–Kier alpha value is -2.03. The number of hydrogen-bond donors (Lipinski definition) is 0. The molecule has 9 heteroatoms. The maximum Gasteiger partial charge on any atom is 0.416 e. The molecule has 0 bridgehead atoms. The largest absolute Gasteiger partial charge is 0.416 e. The third-order valence-electron chi connectivity index (χ3n) is 2.71. The third kappa shape index (κ3) is 3.35. The van der Waals surface area contributed by atoms with E-state index in [2.05, 4.69) is 9.17 Å². The number of aromatic nitrogens is 2. The highest BCUT2D eigenvalue weighted by Gasteiger charge is 2.31. The van der Waals surface area contributed by atoms with Gasteiger partial charge in [-0.25, -0.2) is 4.98 Å². The Kier molecular flexibility index (Phi) is 3.70. The van der Waals surface area contributed by atoms with Gasteiger partial charge in [-0.2, -0.15) is 21.6 Å². The molecule has 0 spiro atoms. The van der Waals surface area contributed by atoms with E-state index in [-0.39, 0.29) is 5.03 Å². The first-order valence-corrected chi connectivity index (χ1v) is 7.12. The van der Waals surface area contributed by atoms with Gasteiger partial charge in [-0.05, 0) is 25.1 Å². The number of imidazole rings is 1. The molecular formula is C12H11F3N2O3S. The zero-order chi connectivity index (χ0) is 15.8. The fraction of sp³-hybridized carbons (Fsp3) is 0.250. The average molecular weight is 320 g/mol. The number of alkyl halides is 3. The fourth-order valence-electron chi connectivity index (χ4n) is 1.54. The minimum absolute atomic E-state index is 0.361. The van der Waals surface area contributed by atoms with Crippen molar-refractivity contribution in [2.45, 2.75) is 18.1 Å². The van der Waals surface area contributed by atoms with E-state index in [1.165, 1.54) is 10.8 Å². The zero-order valence-electron chi connectivity index (χ0n) is 11.0. The highest BCUT2D eigenvalue weighted by atomic mass is 32.2. The summed E-state index contributed by atoms with van der Waals surface area (Å²) in [5.41, 5.74) is -0.993. The lowest BCUT2D eigenvalue weighted by atomic mass is 10.2. The molecule has 1 aromatic heterocycles. The summed E-state index contributed by atoms with van der Waals surface area (Å²) in [6.07, 6.45) is -3.36. The molecular weight excluding hydrogens is 309 g/mol. The van der Waals surface area contributed by atoms with Crippen LogP contribution < -0.4 is 4.18 Å². The number of nitrogens with zero attached hydrogens (tertiary/aromatic N) is 2. The molecule has 0 amide bonds. The normalized spacial score (nSPS) is 12.4. The lowest BCUT2D eigenvalue weighted by Gasteiger charge is -2.09. The van der Waals surface area contributed by atoms with Gasteiger partial charge in [0.1, 0.15) is 11.6 Å². The van der Waals surface area contributed by atoms with Gasteiger partial charge in [0.2, 0.25) is 5.03 Å². The molecule has 0 N–H and O–H groups in total. The first-order chi connectivity index (χ1) is 9.59. The van der Waals surface area contributed by atoms with Crippen LogP contribution in [0.3, 0.4) is 0 Å². The van der Waals surface area contributed by atoms with Crippen molar-refractivity contribution in [2.24, 2.45) is 7.05 Å². The standard InChI is InChI=1S/C12H11F3N2O3S/c1-8-16-11(7-17(8)2)21(18,19)20-10-5-3-4-9(6-10)12(13,14)15/h3-7H,1-2H3. The maximum atomic E-state index is 12.6.